The number of ether oxygens (including phenoxy) is 1. The molecule has 3 aromatic rings. The van der Waals surface area contributed by atoms with E-state index in [2.05, 4.69) is 9.62 Å². The summed E-state index contributed by atoms with van der Waals surface area (Å²) in [6, 6.07) is 16.3. The highest BCUT2D eigenvalue weighted by Gasteiger charge is 2.22. The minimum atomic E-state index is -3.77. The van der Waals surface area contributed by atoms with Gasteiger partial charge in [0.1, 0.15) is 11.6 Å². The van der Waals surface area contributed by atoms with Gasteiger partial charge in [-0.05, 0) is 92.1 Å². The molecular weight excluding hydrogens is 481 g/mol. The number of amides is 1. The van der Waals surface area contributed by atoms with Crippen LogP contribution in [0.15, 0.2) is 65.6 Å². The first-order chi connectivity index (χ1) is 17.1. The van der Waals surface area contributed by atoms with Crippen molar-refractivity contribution in [1.82, 2.24) is 4.90 Å². The number of anilines is 2. The van der Waals surface area contributed by atoms with Gasteiger partial charge >= 0.3 is 0 Å². The molecule has 0 spiro atoms. The second kappa shape index (κ2) is 10.6. The van der Waals surface area contributed by atoms with Gasteiger partial charge in [-0.1, -0.05) is 6.07 Å². The van der Waals surface area contributed by atoms with Crippen molar-refractivity contribution >= 4 is 27.3 Å². The fourth-order valence-corrected chi connectivity index (χ4v) is 5.20. The molecule has 7 nitrogen and oxygen atoms in total. The van der Waals surface area contributed by atoms with Gasteiger partial charge in [0.2, 0.25) is 0 Å². The number of sulfonamides is 1. The van der Waals surface area contributed by atoms with Crippen molar-refractivity contribution < 1.29 is 22.3 Å². The molecule has 0 radical (unpaired) electrons. The van der Waals surface area contributed by atoms with Crippen LogP contribution >= 0.6 is 0 Å². The number of rotatable bonds is 7. The van der Waals surface area contributed by atoms with Crippen LogP contribution in [0, 0.1) is 26.6 Å². The zero-order valence-corrected chi connectivity index (χ0v) is 21.4. The van der Waals surface area contributed by atoms with Crippen molar-refractivity contribution in [3.8, 4) is 5.75 Å². The van der Waals surface area contributed by atoms with Crippen LogP contribution in [0.4, 0.5) is 15.8 Å². The molecule has 1 aliphatic rings. The van der Waals surface area contributed by atoms with Crippen molar-refractivity contribution in [2.24, 2.45) is 0 Å². The number of benzene rings is 3. The highest BCUT2D eigenvalue weighted by atomic mass is 32.2. The van der Waals surface area contributed by atoms with Gasteiger partial charge < -0.3 is 14.5 Å². The van der Waals surface area contributed by atoms with Gasteiger partial charge in [-0.2, -0.15) is 0 Å². The normalized spacial score (nSPS) is 14.0. The molecule has 1 heterocycles. The lowest BCUT2D eigenvalue weighted by molar-refractivity contribution is -0.133. The minimum Gasteiger partial charge on any atom is -0.483 e. The summed E-state index contributed by atoms with van der Waals surface area (Å²) < 4.78 is 47.2. The van der Waals surface area contributed by atoms with Crippen LogP contribution in [0.2, 0.25) is 0 Å². The van der Waals surface area contributed by atoms with Crippen molar-refractivity contribution in [3.05, 3.63) is 83.2 Å². The largest absolute Gasteiger partial charge is 0.483 e. The molecule has 0 saturated carbocycles. The summed E-state index contributed by atoms with van der Waals surface area (Å²) >= 11 is 0. The van der Waals surface area contributed by atoms with E-state index in [4.69, 9.17) is 4.74 Å². The lowest BCUT2D eigenvalue weighted by Crippen LogP contribution is -2.50. The Morgan fingerprint density at radius 2 is 1.58 bits per heavy atom. The van der Waals surface area contributed by atoms with Gasteiger partial charge in [-0.3, -0.25) is 9.52 Å². The third-order valence-electron chi connectivity index (χ3n) is 6.39. The van der Waals surface area contributed by atoms with Crippen LogP contribution in [0.5, 0.6) is 5.75 Å². The van der Waals surface area contributed by atoms with Crippen LogP contribution in [0.3, 0.4) is 0 Å². The monoisotopic (exact) mass is 511 g/mol. The van der Waals surface area contributed by atoms with Crippen LogP contribution in [-0.4, -0.2) is 52.0 Å². The third kappa shape index (κ3) is 5.96. The molecule has 0 bridgehead atoms. The van der Waals surface area contributed by atoms with Gasteiger partial charge in [0.25, 0.3) is 15.9 Å². The highest BCUT2D eigenvalue weighted by molar-refractivity contribution is 7.92. The van der Waals surface area contributed by atoms with Gasteiger partial charge in [0.05, 0.1) is 4.90 Å². The molecule has 1 amide bonds. The summed E-state index contributed by atoms with van der Waals surface area (Å²) in [6.45, 7) is 7.89. The van der Waals surface area contributed by atoms with E-state index in [-0.39, 0.29) is 23.2 Å². The lowest BCUT2D eigenvalue weighted by Gasteiger charge is -2.36. The molecule has 1 N–H and O–H groups in total. The maximum atomic E-state index is 13.2. The van der Waals surface area contributed by atoms with E-state index in [1.54, 1.807) is 42.2 Å². The van der Waals surface area contributed by atoms with Crippen LogP contribution in [-0.2, 0) is 14.8 Å². The first kappa shape index (κ1) is 25.5. The van der Waals surface area contributed by atoms with Gasteiger partial charge in [-0.15, -0.1) is 0 Å². The predicted molar refractivity (Wildman–Crippen MR) is 139 cm³/mol. The summed E-state index contributed by atoms with van der Waals surface area (Å²) in [5.41, 5.74) is 4.13. The van der Waals surface area contributed by atoms with Gasteiger partial charge in [0.15, 0.2) is 6.61 Å². The maximum absolute atomic E-state index is 13.2. The first-order valence-corrected chi connectivity index (χ1v) is 13.2. The average molecular weight is 512 g/mol. The number of carbonyl (C=O) groups is 1. The second-order valence-electron chi connectivity index (χ2n) is 8.96. The molecule has 0 aliphatic carbocycles. The number of halogens is 1. The zero-order valence-electron chi connectivity index (χ0n) is 20.6. The summed E-state index contributed by atoms with van der Waals surface area (Å²) in [6.07, 6.45) is 0. The third-order valence-corrected chi connectivity index (χ3v) is 7.77. The van der Waals surface area contributed by atoms with Crippen molar-refractivity contribution in [1.29, 1.82) is 0 Å². The molecule has 0 atom stereocenters. The molecule has 1 fully saturated rings. The minimum absolute atomic E-state index is 0.119. The Morgan fingerprint density at radius 1 is 0.889 bits per heavy atom. The summed E-state index contributed by atoms with van der Waals surface area (Å²) in [5, 5.41) is 0. The van der Waals surface area contributed by atoms with Crippen molar-refractivity contribution in [2.75, 3.05) is 42.4 Å². The number of hydrogen-bond donors (Lipinski definition) is 1. The fraction of sp³-hybridized carbons (Fsp3) is 0.296. The Balaban J connectivity index is 1.32. The molecule has 9 heteroatoms. The SMILES string of the molecule is Cc1ccc(NS(=O)(=O)c2ccc(OCC(=O)N3CCN(c4ccc(F)cc4)CC3)c(C)c2)cc1C. The molecule has 4 rings (SSSR count). The predicted octanol–water partition coefficient (Wildman–Crippen LogP) is 4.28. The summed E-state index contributed by atoms with van der Waals surface area (Å²) in [4.78, 5) is 16.6. The maximum Gasteiger partial charge on any atom is 0.261 e. The first-order valence-electron chi connectivity index (χ1n) is 11.7. The number of piperazine rings is 1. The second-order valence-corrected chi connectivity index (χ2v) is 10.6. The average Bonchev–Trinajstić information content (AvgIpc) is 2.85. The lowest BCUT2D eigenvalue weighted by atomic mass is 10.1. The van der Waals surface area contributed by atoms with Crippen LogP contribution in [0.25, 0.3) is 0 Å². The van der Waals surface area contributed by atoms with Crippen molar-refractivity contribution in [3.63, 3.8) is 0 Å². The molecular formula is C27H30FN3O4S. The van der Waals surface area contributed by atoms with Crippen LogP contribution in [0.1, 0.15) is 16.7 Å². The van der Waals surface area contributed by atoms with Crippen LogP contribution < -0.4 is 14.4 Å². The Kier molecular flexibility index (Phi) is 7.49. The standard InChI is InChI=1S/C27H30FN3O4S/c1-19-4-7-23(16-20(19)2)29-36(33,34)25-10-11-26(21(3)17-25)35-18-27(32)31-14-12-30(13-15-31)24-8-5-22(28)6-9-24/h4-11,16-17,29H,12-15,18H2,1-3H3. The molecule has 3 aromatic carbocycles. The van der Waals surface area contributed by atoms with E-state index in [1.807, 2.05) is 19.9 Å². The Bertz CT molecular complexity index is 1350. The van der Waals surface area contributed by atoms with Crippen molar-refractivity contribution in [2.45, 2.75) is 25.7 Å². The van der Waals surface area contributed by atoms with E-state index < -0.39 is 10.0 Å². The Labute approximate surface area is 211 Å². The number of carbonyl (C=O) groups excluding carboxylic acids is 1. The smallest absolute Gasteiger partial charge is 0.261 e. The van der Waals surface area contributed by atoms with E-state index in [9.17, 15) is 17.6 Å². The molecule has 0 aromatic heterocycles. The fourth-order valence-electron chi connectivity index (χ4n) is 4.07. The topological polar surface area (TPSA) is 78.9 Å². The quantitative estimate of drug-likeness (QED) is 0.512. The highest BCUT2D eigenvalue weighted by Crippen LogP contribution is 2.25. The van der Waals surface area contributed by atoms with E-state index in [0.29, 0.717) is 43.2 Å². The molecule has 190 valence electrons. The Morgan fingerprint density at radius 3 is 2.22 bits per heavy atom. The number of nitrogens with one attached hydrogen (secondary N) is 1. The van der Waals surface area contributed by atoms with Gasteiger partial charge in [0, 0.05) is 37.6 Å². The van der Waals surface area contributed by atoms with E-state index in [0.717, 1.165) is 16.8 Å². The number of hydrogen-bond acceptors (Lipinski definition) is 5. The van der Waals surface area contributed by atoms with Gasteiger partial charge in [-0.25, -0.2) is 12.8 Å². The summed E-state index contributed by atoms with van der Waals surface area (Å²) in [5.74, 6) is 0.0444. The summed E-state index contributed by atoms with van der Waals surface area (Å²) in [7, 11) is -3.77. The van der Waals surface area contributed by atoms with E-state index in [1.165, 1.54) is 24.3 Å². The number of nitrogens with zero attached hydrogens (tertiary/aromatic N) is 2. The molecule has 0 unspecified atom stereocenters. The Hall–Kier alpha value is -3.59. The molecule has 1 saturated heterocycles. The molecule has 36 heavy (non-hydrogen) atoms. The van der Waals surface area contributed by atoms with E-state index >= 15 is 0 Å². The number of aryl methyl sites for hydroxylation is 3. The zero-order chi connectivity index (χ0) is 25.9. The molecule has 1 aliphatic heterocycles.